The summed E-state index contributed by atoms with van der Waals surface area (Å²) in [5, 5.41) is 4.75. The van der Waals surface area contributed by atoms with Crippen molar-refractivity contribution in [2.24, 2.45) is 0 Å². The molecule has 0 aliphatic carbocycles. The average molecular weight is 727 g/mol. The van der Waals surface area contributed by atoms with Crippen LogP contribution in [0.5, 0.6) is 0 Å². The fourth-order valence-electron chi connectivity index (χ4n) is 8.27. The number of hydrogen-bond acceptors (Lipinski definition) is 4. The monoisotopic (exact) mass is 726 g/mol. The predicted octanol–water partition coefficient (Wildman–Crippen LogP) is 14.0. The Balaban J connectivity index is 1.12. The Bertz CT molecular complexity index is 3110. The van der Waals surface area contributed by atoms with Crippen LogP contribution in [0.15, 0.2) is 206 Å². The molecule has 1 aliphatic rings. The molecule has 0 fully saturated rings. The van der Waals surface area contributed by atoms with Crippen LogP contribution in [0.3, 0.4) is 0 Å². The van der Waals surface area contributed by atoms with Crippen molar-refractivity contribution in [2.45, 2.75) is 0 Å². The van der Waals surface area contributed by atoms with Gasteiger partial charge >= 0.3 is 0 Å². The molecule has 1 aliphatic heterocycles. The third kappa shape index (κ3) is 5.74. The first-order chi connectivity index (χ1) is 28.2. The van der Waals surface area contributed by atoms with E-state index in [1.54, 1.807) is 0 Å². The zero-order valence-corrected chi connectivity index (χ0v) is 30.9. The van der Waals surface area contributed by atoms with Crippen LogP contribution in [-0.2, 0) is 0 Å². The van der Waals surface area contributed by atoms with Crippen LogP contribution in [-0.4, -0.2) is 15.0 Å². The minimum absolute atomic E-state index is 0.629. The summed E-state index contributed by atoms with van der Waals surface area (Å²) in [4.78, 5) is 17.8. The first-order valence-electron chi connectivity index (χ1n) is 19.3. The summed E-state index contributed by atoms with van der Waals surface area (Å²) in [6, 6.07) is 73.0. The predicted molar refractivity (Wildman–Crippen MR) is 236 cm³/mol. The minimum Gasteiger partial charge on any atom is -0.309 e. The zero-order chi connectivity index (χ0) is 37.7. The molecule has 0 saturated heterocycles. The quantitative estimate of drug-likeness (QED) is 0.171. The van der Waals surface area contributed by atoms with Crippen LogP contribution >= 0.6 is 0 Å². The Kier molecular flexibility index (Phi) is 7.78. The largest absolute Gasteiger partial charge is 0.309 e. The molecule has 4 heteroatoms. The van der Waals surface area contributed by atoms with Gasteiger partial charge in [0, 0.05) is 33.3 Å². The van der Waals surface area contributed by atoms with Gasteiger partial charge in [-0.3, -0.25) is 0 Å². The molecule has 0 atom stereocenters. The smallest absolute Gasteiger partial charge is 0.164 e. The Morgan fingerprint density at radius 2 is 0.842 bits per heavy atom. The third-order valence-corrected chi connectivity index (χ3v) is 11.0. The molecule has 10 aromatic rings. The third-order valence-electron chi connectivity index (χ3n) is 11.0. The summed E-state index contributed by atoms with van der Waals surface area (Å²) in [6.45, 7) is 0. The molecule has 0 radical (unpaired) electrons. The summed E-state index contributed by atoms with van der Waals surface area (Å²) >= 11 is 0. The van der Waals surface area contributed by atoms with Crippen LogP contribution in [0.2, 0.25) is 0 Å². The second kappa shape index (κ2) is 13.6. The number of benzene rings is 9. The van der Waals surface area contributed by atoms with Crippen molar-refractivity contribution >= 4 is 38.6 Å². The lowest BCUT2D eigenvalue weighted by Crippen LogP contribution is -2.15. The zero-order valence-electron chi connectivity index (χ0n) is 30.9. The number of nitrogens with zero attached hydrogens (tertiary/aromatic N) is 4. The second-order valence-corrected chi connectivity index (χ2v) is 14.4. The van der Waals surface area contributed by atoms with Crippen LogP contribution in [0, 0.1) is 0 Å². The molecule has 0 saturated carbocycles. The lowest BCUT2D eigenvalue weighted by atomic mass is 9.87. The van der Waals surface area contributed by atoms with E-state index in [-0.39, 0.29) is 0 Å². The highest BCUT2D eigenvalue weighted by Gasteiger charge is 2.28. The maximum Gasteiger partial charge on any atom is 0.164 e. The number of fused-ring (bicyclic) bond motifs is 3. The van der Waals surface area contributed by atoms with Crippen molar-refractivity contribution in [1.82, 2.24) is 15.0 Å². The number of hydrogen-bond donors (Lipinski definition) is 0. The van der Waals surface area contributed by atoms with E-state index in [0.717, 1.165) is 44.7 Å². The first-order valence-corrected chi connectivity index (χ1v) is 19.3. The van der Waals surface area contributed by atoms with Crippen LogP contribution < -0.4 is 4.90 Å². The molecule has 9 aromatic carbocycles. The van der Waals surface area contributed by atoms with Gasteiger partial charge in [-0.1, -0.05) is 164 Å². The van der Waals surface area contributed by atoms with Crippen LogP contribution in [0.4, 0.5) is 17.1 Å². The van der Waals surface area contributed by atoms with Gasteiger partial charge in [-0.25, -0.2) is 15.0 Å². The Labute approximate surface area is 331 Å². The summed E-state index contributed by atoms with van der Waals surface area (Å²) in [6.07, 6.45) is 0. The second-order valence-electron chi connectivity index (χ2n) is 14.4. The number of aromatic nitrogens is 3. The van der Waals surface area contributed by atoms with E-state index in [4.69, 9.17) is 15.0 Å². The molecule has 0 unspecified atom stereocenters. The fraction of sp³-hybridized carbons (Fsp3) is 0. The highest BCUT2D eigenvalue weighted by atomic mass is 15.2. The van der Waals surface area contributed by atoms with Crippen LogP contribution in [0.25, 0.3) is 89.1 Å². The van der Waals surface area contributed by atoms with E-state index < -0.39 is 0 Å². The maximum atomic E-state index is 5.18. The summed E-state index contributed by atoms with van der Waals surface area (Å²) in [5.74, 6) is 1.91. The van der Waals surface area contributed by atoms with Crippen molar-refractivity contribution in [3.05, 3.63) is 206 Å². The van der Waals surface area contributed by atoms with E-state index >= 15 is 0 Å². The van der Waals surface area contributed by atoms with Crippen molar-refractivity contribution in [2.75, 3.05) is 4.90 Å². The van der Waals surface area contributed by atoms with E-state index in [9.17, 15) is 0 Å². The standard InChI is InChI=1S/C53H34N4/c1-4-13-35(14-5-1)37-25-28-43(29-26-37)57-48-31-27-42(34-47(48)46-22-12-21-45-44(30-32-49(57)50(45)46)38-16-6-2-7-17-38)53-55-51(39-18-8-3-9-19-39)54-52(56-53)41-24-23-36-15-10-11-20-40(36)33-41/h1-34H. The van der Waals surface area contributed by atoms with E-state index in [0.29, 0.717) is 17.5 Å². The van der Waals surface area contributed by atoms with Crippen molar-refractivity contribution < 1.29 is 0 Å². The van der Waals surface area contributed by atoms with E-state index in [1.807, 2.05) is 18.2 Å². The normalized spacial score (nSPS) is 11.8. The highest BCUT2D eigenvalue weighted by Crippen LogP contribution is 2.53. The molecule has 11 rings (SSSR count). The van der Waals surface area contributed by atoms with Gasteiger partial charge in [0.05, 0.1) is 11.4 Å². The molecular weight excluding hydrogens is 693 g/mol. The van der Waals surface area contributed by atoms with Gasteiger partial charge < -0.3 is 4.90 Å². The Hall–Kier alpha value is -7.69. The molecule has 0 amide bonds. The van der Waals surface area contributed by atoms with E-state index in [1.165, 1.54) is 44.0 Å². The molecular formula is C53H34N4. The van der Waals surface area contributed by atoms with Gasteiger partial charge in [-0.15, -0.1) is 0 Å². The molecule has 0 N–H and O–H groups in total. The van der Waals surface area contributed by atoms with Gasteiger partial charge in [0.2, 0.25) is 0 Å². The molecule has 0 spiro atoms. The van der Waals surface area contributed by atoms with E-state index in [2.05, 4.69) is 193 Å². The molecule has 0 bridgehead atoms. The topological polar surface area (TPSA) is 41.9 Å². The lowest BCUT2D eigenvalue weighted by molar-refractivity contribution is 1.07. The highest BCUT2D eigenvalue weighted by molar-refractivity contribution is 6.17. The number of anilines is 3. The van der Waals surface area contributed by atoms with Gasteiger partial charge in [-0.05, 0) is 86.4 Å². The number of rotatable bonds is 6. The molecule has 4 nitrogen and oxygen atoms in total. The molecule has 57 heavy (non-hydrogen) atoms. The average Bonchev–Trinajstić information content (AvgIpc) is 3.30. The Morgan fingerprint density at radius 1 is 0.298 bits per heavy atom. The SMILES string of the molecule is c1ccc(-c2ccc(N3c4ccc(-c5nc(-c6ccccc6)nc(-c6ccc7ccccc7c6)n5)cc4-c4cccc5c(-c6ccccc6)ccc3c45)cc2)cc1. The van der Waals surface area contributed by atoms with Gasteiger partial charge in [0.25, 0.3) is 0 Å². The first kappa shape index (κ1) is 32.7. The Morgan fingerprint density at radius 3 is 1.56 bits per heavy atom. The summed E-state index contributed by atoms with van der Waals surface area (Å²) < 4.78 is 0. The minimum atomic E-state index is 0.629. The maximum absolute atomic E-state index is 5.18. The fourth-order valence-corrected chi connectivity index (χ4v) is 8.27. The lowest BCUT2D eigenvalue weighted by Gasteiger charge is -2.34. The molecule has 2 heterocycles. The van der Waals surface area contributed by atoms with Crippen molar-refractivity contribution in [1.29, 1.82) is 0 Å². The van der Waals surface area contributed by atoms with Gasteiger partial charge in [-0.2, -0.15) is 0 Å². The summed E-state index contributed by atoms with van der Waals surface area (Å²) in [5.41, 5.74) is 13.3. The van der Waals surface area contributed by atoms with Crippen molar-refractivity contribution in [3.8, 4) is 67.5 Å². The molecule has 266 valence electrons. The van der Waals surface area contributed by atoms with Crippen LogP contribution in [0.1, 0.15) is 0 Å². The molecule has 1 aromatic heterocycles. The summed E-state index contributed by atoms with van der Waals surface area (Å²) in [7, 11) is 0. The van der Waals surface area contributed by atoms with Crippen molar-refractivity contribution in [3.63, 3.8) is 0 Å². The van der Waals surface area contributed by atoms with Gasteiger partial charge in [0.15, 0.2) is 17.5 Å². The van der Waals surface area contributed by atoms with Gasteiger partial charge in [0.1, 0.15) is 0 Å².